The first-order valence-corrected chi connectivity index (χ1v) is 7.87. The highest BCUT2D eigenvalue weighted by molar-refractivity contribution is 5.33. The molecule has 1 aliphatic carbocycles. The van der Waals surface area contributed by atoms with Crippen LogP contribution < -0.4 is 9.47 Å². The second-order valence-corrected chi connectivity index (χ2v) is 6.00. The minimum Gasteiger partial charge on any atom is -0.497 e. The van der Waals surface area contributed by atoms with Gasteiger partial charge >= 0.3 is 0 Å². The second-order valence-electron chi connectivity index (χ2n) is 6.00. The summed E-state index contributed by atoms with van der Waals surface area (Å²) in [5, 5.41) is 0. The van der Waals surface area contributed by atoms with Crippen LogP contribution in [0.15, 0.2) is 24.3 Å². The first kappa shape index (κ1) is 14.7. The van der Waals surface area contributed by atoms with Crippen molar-refractivity contribution in [3.8, 4) is 11.5 Å². The standard InChI is InChI=1S/C17H25NO3/c1-19-13-6-5-7-14(10-13)21-15-11-18(12-15)16-8-3-4-9-17(16)20-2/h5-7,10,15-17H,3-4,8-9,11-12H2,1-2H3. The monoisotopic (exact) mass is 291 g/mol. The Kier molecular flexibility index (Phi) is 4.66. The summed E-state index contributed by atoms with van der Waals surface area (Å²) in [7, 11) is 3.52. The van der Waals surface area contributed by atoms with Crippen LogP contribution in [0.5, 0.6) is 11.5 Å². The first-order valence-electron chi connectivity index (χ1n) is 7.87. The third kappa shape index (κ3) is 3.33. The maximum atomic E-state index is 6.02. The van der Waals surface area contributed by atoms with E-state index in [4.69, 9.17) is 14.2 Å². The fourth-order valence-corrected chi connectivity index (χ4v) is 3.45. The molecule has 2 unspecified atom stereocenters. The van der Waals surface area contributed by atoms with Gasteiger partial charge in [0.1, 0.15) is 17.6 Å². The van der Waals surface area contributed by atoms with E-state index in [1.54, 1.807) is 7.11 Å². The minimum atomic E-state index is 0.288. The Morgan fingerprint density at radius 1 is 1.05 bits per heavy atom. The molecule has 0 amide bonds. The lowest BCUT2D eigenvalue weighted by Gasteiger charge is -2.47. The molecule has 3 rings (SSSR count). The average Bonchev–Trinajstić information content (AvgIpc) is 2.50. The van der Waals surface area contributed by atoms with Gasteiger partial charge in [-0.05, 0) is 25.0 Å². The van der Waals surface area contributed by atoms with Gasteiger partial charge in [-0.3, -0.25) is 4.90 Å². The number of benzene rings is 1. The smallest absolute Gasteiger partial charge is 0.124 e. The van der Waals surface area contributed by atoms with Crippen molar-refractivity contribution in [2.24, 2.45) is 0 Å². The van der Waals surface area contributed by atoms with E-state index in [1.807, 2.05) is 31.4 Å². The summed E-state index contributed by atoms with van der Waals surface area (Å²) in [4.78, 5) is 2.51. The Morgan fingerprint density at radius 3 is 2.57 bits per heavy atom. The molecule has 0 bridgehead atoms. The number of nitrogens with zero attached hydrogens (tertiary/aromatic N) is 1. The lowest BCUT2D eigenvalue weighted by molar-refractivity contribution is -0.0750. The van der Waals surface area contributed by atoms with E-state index in [-0.39, 0.29) is 6.10 Å². The normalized spacial score (nSPS) is 27.1. The summed E-state index contributed by atoms with van der Waals surface area (Å²) in [5.41, 5.74) is 0. The largest absolute Gasteiger partial charge is 0.497 e. The maximum Gasteiger partial charge on any atom is 0.124 e. The molecule has 1 saturated heterocycles. The molecule has 4 nitrogen and oxygen atoms in total. The summed E-state index contributed by atoms with van der Waals surface area (Å²) in [6.45, 7) is 2.00. The topological polar surface area (TPSA) is 30.9 Å². The van der Waals surface area contributed by atoms with Gasteiger partial charge in [0.25, 0.3) is 0 Å². The van der Waals surface area contributed by atoms with Crippen molar-refractivity contribution < 1.29 is 14.2 Å². The molecule has 2 atom stereocenters. The van der Waals surface area contributed by atoms with Crippen molar-refractivity contribution >= 4 is 0 Å². The van der Waals surface area contributed by atoms with E-state index in [2.05, 4.69) is 4.90 Å². The number of hydrogen-bond donors (Lipinski definition) is 0. The Bertz CT molecular complexity index is 459. The SMILES string of the molecule is COc1cccc(OC2CN(C3CCCCC3OC)C2)c1. The minimum absolute atomic E-state index is 0.288. The van der Waals surface area contributed by atoms with Crippen LogP contribution in [0, 0.1) is 0 Å². The molecule has 1 aliphatic heterocycles. The Balaban J connectivity index is 1.51. The van der Waals surface area contributed by atoms with Crippen molar-refractivity contribution in [1.82, 2.24) is 4.90 Å². The van der Waals surface area contributed by atoms with Gasteiger partial charge in [0, 0.05) is 32.3 Å². The highest BCUT2D eigenvalue weighted by atomic mass is 16.5. The molecular weight excluding hydrogens is 266 g/mol. The molecule has 2 fully saturated rings. The van der Waals surface area contributed by atoms with Gasteiger partial charge in [0.2, 0.25) is 0 Å². The molecule has 1 heterocycles. The van der Waals surface area contributed by atoms with Gasteiger partial charge < -0.3 is 14.2 Å². The van der Waals surface area contributed by atoms with Gasteiger partial charge in [-0.1, -0.05) is 18.9 Å². The van der Waals surface area contributed by atoms with Crippen molar-refractivity contribution in [3.63, 3.8) is 0 Å². The number of rotatable bonds is 5. The van der Waals surface area contributed by atoms with Crippen LogP contribution in [0.25, 0.3) is 0 Å². The van der Waals surface area contributed by atoms with E-state index >= 15 is 0 Å². The molecule has 0 aromatic heterocycles. The van der Waals surface area contributed by atoms with Gasteiger partial charge in [-0.15, -0.1) is 0 Å². The van der Waals surface area contributed by atoms with Crippen LogP contribution in [0.3, 0.4) is 0 Å². The van der Waals surface area contributed by atoms with Crippen LogP contribution in [0.4, 0.5) is 0 Å². The Labute approximate surface area is 127 Å². The summed E-state index contributed by atoms with van der Waals surface area (Å²) in [5.74, 6) is 1.74. The van der Waals surface area contributed by atoms with Crippen molar-refractivity contribution in [3.05, 3.63) is 24.3 Å². The fraction of sp³-hybridized carbons (Fsp3) is 0.647. The molecule has 1 saturated carbocycles. The van der Waals surface area contributed by atoms with E-state index in [0.717, 1.165) is 24.6 Å². The molecule has 116 valence electrons. The van der Waals surface area contributed by atoms with Crippen LogP contribution in [-0.4, -0.2) is 50.5 Å². The average molecular weight is 291 g/mol. The molecule has 0 N–H and O–H groups in total. The maximum absolute atomic E-state index is 6.02. The van der Waals surface area contributed by atoms with Crippen LogP contribution >= 0.6 is 0 Å². The quantitative estimate of drug-likeness (QED) is 0.834. The van der Waals surface area contributed by atoms with Crippen molar-refractivity contribution in [2.75, 3.05) is 27.3 Å². The van der Waals surface area contributed by atoms with Crippen LogP contribution in [0.2, 0.25) is 0 Å². The van der Waals surface area contributed by atoms with E-state index in [9.17, 15) is 0 Å². The van der Waals surface area contributed by atoms with Crippen molar-refractivity contribution in [2.45, 2.75) is 43.9 Å². The zero-order valence-corrected chi connectivity index (χ0v) is 13.0. The molecule has 4 heteroatoms. The molecular formula is C17H25NO3. The van der Waals surface area contributed by atoms with Crippen LogP contribution in [0.1, 0.15) is 25.7 Å². The zero-order valence-electron chi connectivity index (χ0n) is 13.0. The van der Waals surface area contributed by atoms with Gasteiger partial charge in [-0.25, -0.2) is 0 Å². The number of hydrogen-bond acceptors (Lipinski definition) is 4. The molecule has 1 aromatic carbocycles. The van der Waals surface area contributed by atoms with Crippen molar-refractivity contribution in [1.29, 1.82) is 0 Å². The first-order chi connectivity index (χ1) is 10.3. The highest BCUT2D eigenvalue weighted by Gasteiger charge is 2.38. The van der Waals surface area contributed by atoms with Gasteiger partial charge in [-0.2, -0.15) is 0 Å². The third-order valence-electron chi connectivity index (χ3n) is 4.66. The second kappa shape index (κ2) is 6.67. The summed E-state index contributed by atoms with van der Waals surface area (Å²) < 4.78 is 16.9. The summed E-state index contributed by atoms with van der Waals surface area (Å²) in [6, 6.07) is 8.41. The van der Waals surface area contributed by atoms with E-state index < -0.39 is 0 Å². The lowest BCUT2D eigenvalue weighted by Crippen LogP contribution is -2.61. The number of ether oxygens (including phenoxy) is 3. The Morgan fingerprint density at radius 2 is 1.81 bits per heavy atom. The molecule has 21 heavy (non-hydrogen) atoms. The van der Waals surface area contributed by atoms with E-state index in [0.29, 0.717) is 12.1 Å². The van der Waals surface area contributed by atoms with Crippen LogP contribution in [-0.2, 0) is 4.74 Å². The van der Waals surface area contributed by atoms with Gasteiger partial charge in [0.15, 0.2) is 0 Å². The molecule has 2 aliphatic rings. The number of methoxy groups -OCH3 is 2. The summed E-state index contributed by atoms with van der Waals surface area (Å²) in [6.07, 6.45) is 5.76. The fourth-order valence-electron chi connectivity index (χ4n) is 3.45. The van der Waals surface area contributed by atoms with E-state index in [1.165, 1.54) is 25.7 Å². The number of likely N-dealkylation sites (tertiary alicyclic amines) is 1. The zero-order chi connectivity index (χ0) is 14.7. The Hall–Kier alpha value is -1.26. The predicted octanol–water partition coefficient (Wildman–Crippen LogP) is 2.72. The lowest BCUT2D eigenvalue weighted by atomic mass is 9.89. The molecule has 1 aromatic rings. The highest BCUT2D eigenvalue weighted by Crippen LogP contribution is 2.30. The molecule has 0 spiro atoms. The van der Waals surface area contributed by atoms with Gasteiger partial charge in [0.05, 0.1) is 13.2 Å². The third-order valence-corrected chi connectivity index (χ3v) is 4.66. The summed E-state index contributed by atoms with van der Waals surface area (Å²) >= 11 is 0. The molecule has 0 radical (unpaired) electrons. The predicted molar refractivity (Wildman–Crippen MR) is 82.0 cm³/mol.